The zero-order valence-electron chi connectivity index (χ0n) is 19.6. The fourth-order valence-electron chi connectivity index (χ4n) is 3.12. The first-order valence-corrected chi connectivity index (χ1v) is 12.2. The fraction of sp³-hybridized carbons (Fsp3) is 0.800. The van der Waals surface area contributed by atoms with Crippen molar-refractivity contribution in [2.75, 3.05) is 13.2 Å². The molecule has 6 nitrogen and oxygen atoms in total. The van der Waals surface area contributed by atoms with Crippen molar-refractivity contribution in [3.05, 3.63) is 12.2 Å². The van der Waals surface area contributed by atoms with Crippen LogP contribution in [0, 0.1) is 0 Å². The minimum Gasteiger partial charge on any atom is -0.481 e. The Hall–Kier alpha value is -1.85. The van der Waals surface area contributed by atoms with Gasteiger partial charge in [-0.25, -0.2) is 0 Å². The first-order valence-electron chi connectivity index (χ1n) is 12.2. The molecule has 0 atom stereocenters. The average molecular weight is 441 g/mol. The number of carbonyl (C=O) groups excluding carboxylic acids is 2. The molecule has 0 spiro atoms. The molecule has 1 N–H and O–H groups in total. The molecule has 6 heteroatoms. The first kappa shape index (κ1) is 29.1. The molecular formula is C25H44O6. The van der Waals surface area contributed by atoms with E-state index in [0.29, 0.717) is 12.8 Å². The minimum absolute atomic E-state index is 0.134. The number of hydrogen-bond donors (Lipinski definition) is 1. The van der Waals surface area contributed by atoms with Crippen molar-refractivity contribution in [2.24, 2.45) is 0 Å². The lowest BCUT2D eigenvalue weighted by molar-refractivity contribution is -0.149. The van der Waals surface area contributed by atoms with E-state index in [4.69, 9.17) is 14.6 Å². The Kier molecular flexibility index (Phi) is 21.5. The van der Waals surface area contributed by atoms with Crippen LogP contribution in [0.3, 0.4) is 0 Å². The van der Waals surface area contributed by atoms with Crippen molar-refractivity contribution in [1.29, 1.82) is 0 Å². The smallest absolute Gasteiger partial charge is 0.306 e. The number of esters is 2. The van der Waals surface area contributed by atoms with Crippen molar-refractivity contribution >= 4 is 17.9 Å². The van der Waals surface area contributed by atoms with E-state index in [1.807, 2.05) is 0 Å². The highest BCUT2D eigenvalue weighted by Gasteiger charge is 2.07. The summed E-state index contributed by atoms with van der Waals surface area (Å²) in [6.45, 7) is 2.61. The molecule has 0 saturated heterocycles. The van der Waals surface area contributed by atoms with Crippen LogP contribution in [-0.4, -0.2) is 36.2 Å². The molecule has 0 aliphatic carbocycles. The highest BCUT2D eigenvalue weighted by molar-refractivity contribution is 5.76. The summed E-state index contributed by atoms with van der Waals surface area (Å²) in [6, 6.07) is 0. The van der Waals surface area contributed by atoms with Crippen LogP contribution in [0.25, 0.3) is 0 Å². The Morgan fingerprint density at radius 2 is 1.10 bits per heavy atom. The Morgan fingerprint density at radius 3 is 1.65 bits per heavy atom. The summed E-state index contributed by atoms with van der Waals surface area (Å²) in [5.41, 5.74) is 0. The van der Waals surface area contributed by atoms with Crippen LogP contribution in [0.5, 0.6) is 0 Å². The summed E-state index contributed by atoms with van der Waals surface area (Å²) in [7, 11) is 0. The zero-order chi connectivity index (χ0) is 23.0. The van der Waals surface area contributed by atoms with Crippen LogP contribution in [0.2, 0.25) is 0 Å². The second-order valence-corrected chi connectivity index (χ2v) is 8.02. The van der Waals surface area contributed by atoms with Gasteiger partial charge in [-0.3, -0.25) is 14.4 Å². The second kappa shape index (κ2) is 22.8. The molecule has 0 aliphatic heterocycles. The van der Waals surface area contributed by atoms with Crippen LogP contribution >= 0.6 is 0 Å². The van der Waals surface area contributed by atoms with Crippen LogP contribution in [0.15, 0.2) is 12.2 Å². The lowest BCUT2D eigenvalue weighted by Crippen LogP contribution is -2.11. The summed E-state index contributed by atoms with van der Waals surface area (Å²) in [6.07, 6.45) is 21.0. The summed E-state index contributed by atoms with van der Waals surface area (Å²) in [5.74, 6) is -1.78. The van der Waals surface area contributed by atoms with Crippen molar-refractivity contribution < 1.29 is 29.0 Å². The van der Waals surface area contributed by atoms with Gasteiger partial charge >= 0.3 is 17.9 Å². The average Bonchev–Trinajstić information content (AvgIpc) is 2.74. The molecule has 180 valence electrons. The standard InChI is InChI=1S/C25H44O6/c1-2-3-4-5-6-7-8-9-10-11-12-13-14-15-16-18-24(28)30-21-17-22-31-25(29)20-19-23(26)27/h9-10H,2-8,11-22H2,1H3,(H,26,27)/b10-9-. The van der Waals surface area contributed by atoms with Gasteiger partial charge in [-0.2, -0.15) is 0 Å². The number of aliphatic carboxylic acids is 1. The number of unbranched alkanes of at least 4 members (excludes halogenated alkanes) is 11. The lowest BCUT2D eigenvalue weighted by Gasteiger charge is -2.06. The summed E-state index contributed by atoms with van der Waals surface area (Å²) in [5, 5.41) is 8.47. The predicted molar refractivity (Wildman–Crippen MR) is 123 cm³/mol. The molecule has 31 heavy (non-hydrogen) atoms. The SMILES string of the molecule is CCCCCCCC/C=C\CCCCCCCC(=O)OCCCOC(=O)CCC(=O)O. The van der Waals surface area contributed by atoms with Crippen LogP contribution in [0.4, 0.5) is 0 Å². The third-order valence-electron chi connectivity index (χ3n) is 5.00. The Morgan fingerprint density at radius 1 is 0.613 bits per heavy atom. The zero-order valence-corrected chi connectivity index (χ0v) is 19.6. The highest BCUT2D eigenvalue weighted by atomic mass is 16.5. The van der Waals surface area contributed by atoms with Crippen molar-refractivity contribution in [1.82, 2.24) is 0 Å². The van der Waals surface area contributed by atoms with Crippen LogP contribution in [-0.2, 0) is 23.9 Å². The van der Waals surface area contributed by atoms with E-state index >= 15 is 0 Å². The molecule has 0 aliphatic rings. The molecule has 0 amide bonds. The van der Waals surface area contributed by atoms with E-state index in [1.54, 1.807) is 0 Å². The molecule has 0 rings (SSSR count). The molecule has 0 bridgehead atoms. The predicted octanol–water partition coefficient (Wildman–Crippen LogP) is 6.37. The largest absolute Gasteiger partial charge is 0.481 e. The number of carboxylic acids is 1. The molecule has 0 heterocycles. The molecule has 0 radical (unpaired) electrons. The normalized spacial score (nSPS) is 11.0. The first-order chi connectivity index (χ1) is 15.1. The molecule has 0 unspecified atom stereocenters. The molecular weight excluding hydrogens is 396 g/mol. The molecule has 0 saturated carbocycles. The van der Waals surface area contributed by atoms with Crippen LogP contribution in [0.1, 0.15) is 116 Å². The van der Waals surface area contributed by atoms with Crippen molar-refractivity contribution in [2.45, 2.75) is 116 Å². The van der Waals surface area contributed by atoms with Gasteiger partial charge in [0.25, 0.3) is 0 Å². The Bertz CT molecular complexity index is 486. The van der Waals surface area contributed by atoms with Gasteiger partial charge in [-0.05, 0) is 32.1 Å². The maximum Gasteiger partial charge on any atom is 0.306 e. The third-order valence-corrected chi connectivity index (χ3v) is 5.00. The summed E-state index contributed by atoms with van der Waals surface area (Å²) in [4.78, 5) is 33.2. The summed E-state index contributed by atoms with van der Waals surface area (Å²) >= 11 is 0. The molecule has 0 fully saturated rings. The number of hydrogen-bond acceptors (Lipinski definition) is 5. The van der Waals surface area contributed by atoms with Gasteiger partial charge in [0.1, 0.15) is 0 Å². The van der Waals surface area contributed by atoms with Gasteiger partial charge in [0.2, 0.25) is 0 Å². The number of allylic oxidation sites excluding steroid dienone is 2. The van der Waals surface area contributed by atoms with E-state index in [0.717, 1.165) is 25.7 Å². The number of rotatable bonds is 22. The number of carbonyl (C=O) groups is 3. The monoisotopic (exact) mass is 440 g/mol. The fourth-order valence-corrected chi connectivity index (χ4v) is 3.12. The van der Waals surface area contributed by atoms with Gasteiger partial charge < -0.3 is 14.6 Å². The Balaban J connectivity index is 3.31. The topological polar surface area (TPSA) is 89.9 Å². The third kappa shape index (κ3) is 24.3. The molecule has 0 aromatic rings. The Labute approximate surface area is 188 Å². The second-order valence-electron chi connectivity index (χ2n) is 8.02. The van der Waals surface area contributed by atoms with Gasteiger partial charge in [-0.15, -0.1) is 0 Å². The maximum absolute atomic E-state index is 11.6. The van der Waals surface area contributed by atoms with Gasteiger partial charge in [-0.1, -0.05) is 70.4 Å². The quantitative estimate of drug-likeness (QED) is 0.120. The van der Waals surface area contributed by atoms with E-state index in [-0.39, 0.29) is 32.0 Å². The van der Waals surface area contributed by atoms with Crippen LogP contribution < -0.4 is 0 Å². The lowest BCUT2D eigenvalue weighted by atomic mass is 10.1. The molecule has 0 aromatic carbocycles. The van der Waals surface area contributed by atoms with Gasteiger partial charge in [0.05, 0.1) is 26.1 Å². The van der Waals surface area contributed by atoms with Gasteiger partial charge in [0.15, 0.2) is 0 Å². The van der Waals surface area contributed by atoms with Crippen molar-refractivity contribution in [3.63, 3.8) is 0 Å². The molecule has 0 aromatic heterocycles. The maximum atomic E-state index is 11.6. The van der Waals surface area contributed by atoms with E-state index < -0.39 is 11.9 Å². The van der Waals surface area contributed by atoms with Gasteiger partial charge in [0, 0.05) is 12.8 Å². The van der Waals surface area contributed by atoms with Crippen molar-refractivity contribution in [3.8, 4) is 0 Å². The number of carboxylic acid groups (broad SMARTS) is 1. The van der Waals surface area contributed by atoms with E-state index in [2.05, 4.69) is 19.1 Å². The minimum atomic E-state index is -1.03. The summed E-state index contributed by atoms with van der Waals surface area (Å²) < 4.78 is 9.97. The van der Waals surface area contributed by atoms with E-state index in [1.165, 1.54) is 57.8 Å². The highest BCUT2D eigenvalue weighted by Crippen LogP contribution is 2.10. The van der Waals surface area contributed by atoms with E-state index in [9.17, 15) is 14.4 Å². The number of ether oxygens (including phenoxy) is 2.